The van der Waals surface area contributed by atoms with Gasteiger partial charge in [0.2, 0.25) is 30.0 Å². The smallest absolute Gasteiger partial charge is 0.308 e. The lowest BCUT2D eigenvalue weighted by Gasteiger charge is -2.21. The Labute approximate surface area is 338 Å². The van der Waals surface area contributed by atoms with Crippen LogP contribution in [0.15, 0.2) is 24.3 Å². The summed E-state index contributed by atoms with van der Waals surface area (Å²) in [6.07, 6.45) is 9.13. The molecule has 0 heterocycles. The molecule has 0 aliphatic carbocycles. The van der Waals surface area contributed by atoms with Crippen molar-refractivity contribution in [1.29, 1.82) is 0 Å². The van der Waals surface area contributed by atoms with E-state index in [0.717, 1.165) is 49.8 Å². The normalized spacial score (nSPS) is 12.2. The standard InChI is InChI=1S/C22H40N2O4.C18H27NO3.C4H9NO/c1-7-11-19(26)22(17(4)5)23-20(27)12-9-8-10-13-24(15-25)21(28)14-18(6)16(2)3;1-5-6-7-14(4)17(20)19-16-10-8-15(9-11-16)12-22-18(21)13(2)3;1-2-3-4(5)6/h15-18,22H,7-14H2,1-6H3,(H,23,27);8-11,13-14H,5-7,12H2,1-4H3,(H,19,20);2-3H2,1H3,(H2,5,6). The molecule has 0 radical (unpaired) electrons. The molecular formula is C44H76N4O8. The highest BCUT2D eigenvalue weighted by Gasteiger charge is 2.23. The zero-order chi connectivity index (χ0) is 43.2. The number of imide groups is 1. The van der Waals surface area contributed by atoms with Crippen LogP contribution in [-0.2, 0) is 44.9 Å². The number of carbonyl (C=O) groups excluding carboxylic acids is 7. The summed E-state index contributed by atoms with van der Waals surface area (Å²) in [5.41, 5.74) is 6.44. The largest absolute Gasteiger partial charge is 0.461 e. The van der Waals surface area contributed by atoms with E-state index in [0.29, 0.717) is 57.4 Å². The quantitative estimate of drug-likeness (QED) is 0.0504. The van der Waals surface area contributed by atoms with E-state index in [-0.39, 0.29) is 65.7 Å². The predicted octanol–water partition coefficient (Wildman–Crippen LogP) is 8.15. The first-order valence-corrected chi connectivity index (χ1v) is 20.8. The summed E-state index contributed by atoms with van der Waals surface area (Å²) < 4.78 is 5.17. The van der Waals surface area contributed by atoms with Crippen LogP contribution in [0, 0.1) is 29.6 Å². The van der Waals surface area contributed by atoms with E-state index >= 15 is 0 Å². The average molecular weight is 789 g/mol. The van der Waals surface area contributed by atoms with Crippen molar-refractivity contribution in [2.24, 2.45) is 35.3 Å². The maximum absolute atomic E-state index is 12.2. The Morgan fingerprint density at radius 1 is 0.768 bits per heavy atom. The van der Waals surface area contributed by atoms with Crippen molar-refractivity contribution in [1.82, 2.24) is 10.2 Å². The van der Waals surface area contributed by atoms with Crippen LogP contribution in [0.2, 0.25) is 0 Å². The lowest BCUT2D eigenvalue weighted by atomic mass is 9.94. The molecule has 3 atom stereocenters. The number of benzene rings is 1. The summed E-state index contributed by atoms with van der Waals surface area (Å²) in [7, 11) is 0. The lowest BCUT2D eigenvalue weighted by Crippen LogP contribution is -2.44. The van der Waals surface area contributed by atoms with Gasteiger partial charge in [-0.3, -0.25) is 38.5 Å². The summed E-state index contributed by atoms with van der Waals surface area (Å²) in [5.74, 6) is 0.0741. The number of amides is 5. The fraction of sp³-hybridized carbons (Fsp3) is 0.705. The van der Waals surface area contributed by atoms with Crippen LogP contribution >= 0.6 is 0 Å². The average Bonchev–Trinajstić information content (AvgIpc) is 3.13. The second-order valence-corrected chi connectivity index (χ2v) is 15.6. The van der Waals surface area contributed by atoms with Crippen LogP contribution in [-0.4, -0.2) is 59.3 Å². The number of primary amides is 1. The molecule has 5 amide bonds. The van der Waals surface area contributed by atoms with E-state index in [2.05, 4.69) is 31.4 Å². The lowest BCUT2D eigenvalue weighted by molar-refractivity contribution is -0.148. The number of rotatable bonds is 25. The maximum Gasteiger partial charge on any atom is 0.308 e. The third-order valence-electron chi connectivity index (χ3n) is 9.22. The van der Waals surface area contributed by atoms with E-state index in [9.17, 15) is 33.6 Å². The van der Waals surface area contributed by atoms with Gasteiger partial charge in [-0.25, -0.2) is 0 Å². The minimum atomic E-state index is -0.418. The number of ether oxygens (including phenoxy) is 1. The Bertz CT molecular complexity index is 1300. The molecule has 0 aromatic heterocycles. The SMILES string of the molecule is CCCC(=O)C(NC(=O)CCCCCN(C=O)C(=O)CC(C)C(C)C)C(C)C.CCCC(N)=O.CCCCC(C)C(=O)Nc1ccc(COC(=O)C(C)C)cc1. The minimum Gasteiger partial charge on any atom is -0.461 e. The molecule has 12 nitrogen and oxygen atoms in total. The van der Waals surface area contributed by atoms with Gasteiger partial charge in [0, 0.05) is 43.8 Å². The summed E-state index contributed by atoms with van der Waals surface area (Å²) >= 11 is 0. The van der Waals surface area contributed by atoms with E-state index in [1.807, 2.05) is 65.8 Å². The first-order chi connectivity index (χ1) is 26.3. The Kier molecular flexibility index (Phi) is 30.9. The van der Waals surface area contributed by atoms with Crippen LogP contribution in [0.25, 0.3) is 0 Å². The number of esters is 1. The van der Waals surface area contributed by atoms with Crippen molar-refractivity contribution < 1.29 is 38.3 Å². The number of hydrogen-bond acceptors (Lipinski definition) is 8. The molecule has 0 fully saturated rings. The Balaban J connectivity index is 0. The van der Waals surface area contributed by atoms with Gasteiger partial charge in [0.25, 0.3) is 0 Å². The summed E-state index contributed by atoms with van der Waals surface area (Å²) in [6.45, 7) is 22.2. The Hall–Kier alpha value is -4.09. The third-order valence-corrected chi connectivity index (χ3v) is 9.22. The number of hydrogen-bond donors (Lipinski definition) is 3. The number of carbonyl (C=O) groups is 7. The van der Waals surface area contributed by atoms with Gasteiger partial charge in [-0.05, 0) is 67.6 Å². The fourth-order valence-electron chi connectivity index (χ4n) is 5.03. The van der Waals surface area contributed by atoms with Crippen molar-refractivity contribution in [3.63, 3.8) is 0 Å². The van der Waals surface area contributed by atoms with Crippen LogP contribution in [0.4, 0.5) is 5.69 Å². The minimum absolute atomic E-state index is 0.0200. The molecule has 12 heteroatoms. The molecule has 1 rings (SSSR count). The number of unbranched alkanes of at least 4 members (excludes halogenated alkanes) is 3. The van der Waals surface area contributed by atoms with E-state index in [4.69, 9.17) is 10.5 Å². The van der Waals surface area contributed by atoms with E-state index in [1.54, 1.807) is 13.8 Å². The predicted molar refractivity (Wildman–Crippen MR) is 224 cm³/mol. The monoisotopic (exact) mass is 789 g/mol. The molecule has 3 unspecified atom stereocenters. The molecule has 0 aliphatic heterocycles. The molecule has 0 bridgehead atoms. The van der Waals surface area contributed by atoms with Crippen LogP contribution in [0.3, 0.4) is 0 Å². The highest BCUT2D eigenvalue weighted by molar-refractivity contribution is 5.92. The van der Waals surface area contributed by atoms with E-state index < -0.39 is 6.04 Å². The Morgan fingerprint density at radius 2 is 1.38 bits per heavy atom. The maximum atomic E-state index is 12.2. The van der Waals surface area contributed by atoms with Crippen molar-refractivity contribution in [2.75, 3.05) is 11.9 Å². The van der Waals surface area contributed by atoms with Crippen molar-refractivity contribution in [3.05, 3.63) is 29.8 Å². The Morgan fingerprint density at radius 3 is 1.84 bits per heavy atom. The van der Waals surface area contributed by atoms with Gasteiger partial charge in [0.15, 0.2) is 5.78 Å². The second-order valence-electron chi connectivity index (χ2n) is 15.6. The summed E-state index contributed by atoms with van der Waals surface area (Å²) in [4.78, 5) is 82.1. The number of nitrogens with two attached hydrogens (primary N) is 1. The molecular weight excluding hydrogens is 713 g/mol. The molecule has 0 spiro atoms. The van der Waals surface area contributed by atoms with Crippen molar-refractivity contribution >= 4 is 47.5 Å². The zero-order valence-electron chi connectivity index (χ0n) is 36.5. The van der Waals surface area contributed by atoms with Gasteiger partial charge in [-0.2, -0.15) is 0 Å². The number of Topliss-reactive ketones (excluding diaryl/α,β-unsaturated/α-hetero) is 1. The molecule has 1 aromatic rings. The van der Waals surface area contributed by atoms with Crippen LogP contribution < -0.4 is 16.4 Å². The topological polar surface area (TPSA) is 182 Å². The van der Waals surface area contributed by atoms with Crippen LogP contribution in [0.5, 0.6) is 0 Å². The molecule has 4 N–H and O–H groups in total. The van der Waals surface area contributed by atoms with Crippen molar-refractivity contribution in [2.45, 2.75) is 166 Å². The van der Waals surface area contributed by atoms with E-state index in [1.165, 1.54) is 4.90 Å². The highest BCUT2D eigenvalue weighted by atomic mass is 16.5. The first kappa shape index (κ1) is 54.0. The van der Waals surface area contributed by atoms with Crippen molar-refractivity contribution in [3.8, 4) is 0 Å². The molecule has 1 aromatic carbocycles. The molecule has 0 saturated carbocycles. The number of nitrogens with zero attached hydrogens (tertiary/aromatic N) is 1. The number of anilines is 1. The number of nitrogens with one attached hydrogen (secondary N) is 2. The van der Waals surface area contributed by atoms with Gasteiger partial charge < -0.3 is 21.1 Å². The third kappa shape index (κ3) is 26.7. The summed E-state index contributed by atoms with van der Waals surface area (Å²) in [6, 6.07) is 6.98. The van der Waals surface area contributed by atoms with Gasteiger partial charge in [-0.1, -0.05) is 108 Å². The molecule has 320 valence electrons. The first-order valence-electron chi connectivity index (χ1n) is 20.8. The van der Waals surface area contributed by atoms with Gasteiger partial charge in [0.05, 0.1) is 12.0 Å². The van der Waals surface area contributed by atoms with Crippen LogP contribution in [0.1, 0.15) is 159 Å². The van der Waals surface area contributed by atoms with Gasteiger partial charge in [-0.15, -0.1) is 0 Å². The number of ketones is 1. The summed E-state index contributed by atoms with van der Waals surface area (Å²) in [5, 5.41) is 5.77. The molecule has 56 heavy (non-hydrogen) atoms. The fourth-order valence-corrected chi connectivity index (χ4v) is 5.03. The molecule has 0 saturated heterocycles. The second kappa shape index (κ2) is 32.0. The highest BCUT2D eigenvalue weighted by Crippen LogP contribution is 2.17. The van der Waals surface area contributed by atoms with Gasteiger partial charge >= 0.3 is 5.97 Å². The molecule has 0 aliphatic rings. The van der Waals surface area contributed by atoms with Gasteiger partial charge in [0.1, 0.15) is 6.61 Å². The zero-order valence-corrected chi connectivity index (χ0v) is 36.5.